The minimum atomic E-state index is -0.00694. The highest BCUT2D eigenvalue weighted by molar-refractivity contribution is 4.85. The summed E-state index contributed by atoms with van der Waals surface area (Å²) in [6.07, 6.45) is 3.54. The van der Waals surface area contributed by atoms with Crippen LogP contribution >= 0.6 is 0 Å². The lowest BCUT2D eigenvalue weighted by molar-refractivity contribution is -0.0227. The van der Waals surface area contributed by atoms with Gasteiger partial charge in [-0.05, 0) is 65.5 Å². The van der Waals surface area contributed by atoms with Gasteiger partial charge in [0.05, 0.1) is 6.10 Å². The first-order valence-corrected chi connectivity index (χ1v) is 6.38. The van der Waals surface area contributed by atoms with Crippen molar-refractivity contribution in [2.24, 2.45) is 11.7 Å². The highest BCUT2D eigenvalue weighted by atomic mass is 16.3. The van der Waals surface area contributed by atoms with Gasteiger partial charge < -0.3 is 20.6 Å². The lowest BCUT2D eigenvalue weighted by Gasteiger charge is -2.42. The van der Waals surface area contributed by atoms with E-state index in [0.717, 1.165) is 26.1 Å². The van der Waals surface area contributed by atoms with Crippen molar-refractivity contribution in [1.29, 1.82) is 0 Å². The van der Waals surface area contributed by atoms with Gasteiger partial charge in [0.25, 0.3) is 0 Å². The summed E-state index contributed by atoms with van der Waals surface area (Å²) in [4.78, 5) is 4.48. The zero-order chi connectivity index (χ0) is 12.0. The second kappa shape index (κ2) is 7.22. The minimum absolute atomic E-state index is 0.00694. The van der Waals surface area contributed by atoms with Crippen molar-refractivity contribution in [2.75, 3.05) is 46.8 Å². The Balaban J connectivity index is 0.000000168. The summed E-state index contributed by atoms with van der Waals surface area (Å²) in [5.74, 6) is 0.634. The van der Waals surface area contributed by atoms with Crippen LogP contribution in [0.1, 0.15) is 19.3 Å². The second-order valence-corrected chi connectivity index (χ2v) is 5.15. The van der Waals surface area contributed by atoms with Crippen LogP contribution in [-0.2, 0) is 0 Å². The molecule has 0 saturated carbocycles. The average molecular weight is 229 g/mol. The summed E-state index contributed by atoms with van der Waals surface area (Å²) in [5, 5.41) is 9.36. The summed E-state index contributed by atoms with van der Waals surface area (Å²) in [6, 6.07) is 0. The Kier molecular flexibility index (Phi) is 6.28. The van der Waals surface area contributed by atoms with Crippen LogP contribution in [0, 0.1) is 5.92 Å². The molecule has 4 heteroatoms. The normalized spacial score (nSPS) is 32.4. The molecule has 3 aliphatic heterocycles. The Hall–Kier alpha value is -0.160. The van der Waals surface area contributed by atoms with E-state index < -0.39 is 0 Å². The maximum atomic E-state index is 9.36. The molecule has 3 heterocycles. The second-order valence-electron chi connectivity index (χ2n) is 5.15. The third kappa shape index (κ3) is 4.78. The highest BCUT2D eigenvalue weighted by Gasteiger charge is 2.32. The van der Waals surface area contributed by atoms with Gasteiger partial charge in [-0.2, -0.15) is 0 Å². The Morgan fingerprint density at radius 1 is 1.31 bits per heavy atom. The maximum Gasteiger partial charge on any atom is 0.0696 e. The lowest BCUT2D eigenvalue weighted by Crippen LogP contribution is -2.50. The fraction of sp³-hybridized carbons (Fsp3) is 1.00. The molecule has 3 N–H and O–H groups in total. The first kappa shape index (κ1) is 13.9. The first-order chi connectivity index (χ1) is 7.63. The molecule has 96 valence electrons. The number of nitrogens with two attached hydrogens (primary N) is 1. The van der Waals surface area contributed by atoms with Crippen molar-refractivity contribution in [1.82, 2.24) is 9.80 Å². The lowest BCUT2D eigenvalue weighted by atomic mass is 9.86. The van der Waals surface area contributed by atoms with Gasteiger partial charge in [-0.3, -0.25) is 0 Å². The van der Waals surface area contributed by atoms with Gasteiger partial charge in [0.2, 0.25) is 0 Å². The number of aliphatic hydroxyl groups excluding tert-OH is 1. The van der Waals surface area contributed by atoms with Gasteiger partial charge in [0, 0.05) is 6.54 Å². The van der Waals surface area contributed by atoms with Crippen molar-refractivity contribution in [3.8, 4) is 0 Å². The zero-order valence-corrected chi connectivity index (χ0v) is 10.7. The predicted octanol–water partition coefficient (Wildman–Crippen LogP) is -0.0303. The molecule has 16 heavy (non-hydrogen) atoms. The smallest absolute Gasteiger partial charge is 0.0696 e. The van der Waals surface area contributed by atoms with Crippen LogP contribution in [0.2, 0.25) is 0 Å². The Morgan fingerprint density at radius 3 is 2.12 bits per heavy atom. The fourth-order valence-corrected chi connectivity index (χ4v) is 2.34. The van der Waals surface area contributed by atoms with Gasteiger partial charge in [-0.25, -0.2) is 0 Å². The van der Waals surface area contributed by atoms with Gasteiger partial charge in [-0.1, -0.05) is 0 Å². The molecule has 0 aromatic rings. The molecule has 0 aromatic heterocycles. The largest absolute Gasteiger partial charge is 0.392 e. The van der Waals surface area contributed by atoms with Crippen LogP contribution < -0.4 is 5.73 Å². The summed E-state index contributed by atoms with van der Waals surface area (Å²) in [7, 11) is 4.10. The molecule has 0 aliphatic carbocycles. The fourth-order valence-electron chi connectivity index (χ4n) is 2.34. The molecule has 3 aliphatic rings. The Labute approximate surface area is 99.4 Å². The van der Waals surface area contributed by atoms with E-state index in [4.69, 9.17) is 5.73 Å². The zero-order valence-electron chi connectivity index (χ0n) is 10.7. The van der Waals surface area contributed by atoms with Gasteiger partial charge in [0.1, 0.15) is 0 Å². The van der Waals surface area contributed by atoms with E-state index in [1.165, 1.54) is 25.9 Å². The van der Waals surface area contributed by atoms with Crippen LogP contribution in [0.4, 0.5) is 0 Å². The van der Waals surface area contributed by atoms with E-state index in [0.29, 0.717) is 5.92 Å². The molecule has 3 rings (SSSR count). The predicted molar refractivity (Wildman–Crippen MR) is 67.4 cm³/mol. The molecule has 2 bridgehead atoms. The molecule has 0 aromatic carbocycles. The van der Waals surface area contributed by atoms with Crippen molar-refractivity contribution in [3.05, 3.63) is 0 Å². The van der Waals surface area contributed by atoms with E-state index >= 15 is 0 Å². The maximum absolute atomic E-state index is 9.36. The molecule has 1 atom stereocenters. The summed E-state index contributed by atoms with van der Waals surface area (Å²) < 4.78 is 0. The monoisotopic (exact) mass is 229 g/mol. The van der Waals surface area contributed by atoms with Crippen molar-refractivity contribution in [2.45, 2.75) is 25.4 Å². The van der Waals surface area contributed by atoms with E-state index in [2.05, 4.69) is 23.9 Å². The Bertz CT molecular complexity index is 179. The van der Waals surface area contributed by atoms with Crippen LogP contribution in [0.5, 0.6) is 0 Å². The van der Waals surface area contributed by atoms with Crippen LogP contribution in [0.25, 0.3) is 0 Å². The SMILES string of the molecule is CN(C)CCCN.OC1CN2CCC1CC2. The molecular formula is C12H27N3O. The number of hydrogen-bond donors (Lipinski definition) is 2. The molecule has 0 radical (unpaired) electrons. The molecule has 1 unspecified atom stereocenters. The number of hydrogen-bond acceptors (Lipinski definition) is 4. The number of rotatable bonds is 3. The minimum Gasteiger partial charge on any atom is -0.392 e. The first-order valence-electron chi connectivity index (χ1n) is 6.38. The van der Waals surface area contributed by atoms with E-state index in [-0.39, 0.29) is 6.10 Å². The highest BCUT2D eigenvalue weighted by Crippen LogP contribution is 2.26. The molecule has 4 nitrogen and oxygen atoms in total. The van der Waals surface area contributed by atoms with Crippen molar-refractivity contribution in [3.63, 3.8) is 0 Å². The standard InChI is InChI=1S/C7H13NO.C5H14N2/c9-7-5-8-3-1-6(7)2-4-8;1-7(2)5-3-4-6/h6-7,9H,1-5H2;3-6H2,1-2H3. The number of fused-ring (bicyclic) bond motifs is 3. The summed E-state index contributed by atoms with van der Waals surface area (Å²) >= 11 is 0. The van der Waals surface area contributed by atoms with E-state index in [1.54, 1.807) is 0 Å². The van der Waals surface area contributed by atoms with Crippen molar-refractivity contribution >= 4 is 0 Å². The van der Waals surface area contributed by atoms with Gasteiger partial charge in [0.15, 0.2) is 0 Å². The van der Waals surface area contributed by atoms with Gasteiger partial charge >= 0.3 is 0 Å². The number of aliphatic hydroxyl groups is 1. The topological polar surface area (TPSA) is 52.7 Å². The molecule has 3 saturated heterocycles. The quantitative estimate of drug-likeness (QED) is 0.713. The average Bonchev–Trinajstić information content (AvgIpc) is 2.28. The Morgan fingerprint density at radius 2 is 1.94 bits per heavy atom. The molecule has 3 fully saturated rings. The summed E-state index contributed by atoms with van der Waals surface area (Å²) in [5.41, 5.74) is 5.25. The molecule has 0 spiro atoms. The summed E-state index contributed by atoms with van der Waals surface area (Å²) in [6.45, 7) is 5.29. The van der Waals surface area contributed by atoms with Crippen LogP contribution in [0.3, 0.4) is 0 Å². The third-order valence-electron chi connectivity index (χ3n) is 3.43. The van der Waals surface area contributed by atoms with Crippen LogP contribution in [-0.4, -0.2) is 67.8 Å². The van der Waals surface area contributed by atoms with E-state index in [1.807, 2.05) is 0 Å². The number of nitrogens with zero attached hydrogens (tertiary/aromatic N) is 2. The third-order valence-corrected chi connectivity index (χ3v) is 3.43. The van der Waals surface area contributed by atoms with Gasteiger partial charge in [-0.15, -0.1) is 0 Å². The molecular weight excluding hydrogens is 202 g/mol. The van der Waals surface area contributed by atoms with Crippen LogP contribution in [0.15, 0.2) is 0 Å². The molecule has 0 amide bonds. The van der Waals surface area contributed by atoms with Crippen molar-refractivity contribution < 1.29 is 5.11 Å². The number of piperidine rings is 3. The van der Waals surface area contributed by atoms with E-state index in [9.17, 15) is 5.11 Å².